The SMILES string of the molecule is CCNc1cn2ccnc2c(NCCCC(C)O)n1. The van der Waals surface area contributed by atoms with Crippen molar-refractivity contribution in [2.75, 3.05) is 23.7 Å². The van der Waals surface area contributed by atoms with Crippen molar-refractivity contribution in [2.45, 2.75) is 32.8 Å². The molecule has 3 N–H and O–H groups in total. The van der Waals surface area contributed by atoms with Crippen LogP contribution in [0, 0.1) is 0 Å². The molecule has 2 heterocycles. The molecule has 0 radical (unpaired) electrons. The van der Waals surface area contributed by atoms with Crippen LogP contribution >= 0.6 is 0 Å². The second-order valence-corrected chi connectivity index (χ2v) is 4.58. The first-order chi connectivity index (χ1) is 9.20. The van der Waals surface area contributed by atoms with Gasteiger partial charge in [-0.05, 0) is 26.7 Å². The van der Waals surface area contributed by atoms with Gasteiger partial charge in [0.2, 0.25) is 0 Å². The molecular weight excluding hydrogens is 242 g/mol. The lowest BCUT2D eigenvalue weighted by molar-refractivity contribution is 0.183. The fourth-order valence-electron chi connectivity index (χ4n) is 1.92. The van der Waals surface area contributed by atoms with E-state index in [1.807, 2.05) is 23.7 Å². The molecule has 104 valence electrons. The highest BCUT2D eigenvalue weighted by atomic mass is 16.3. The van der Waals surface area contributed by atoms with Crippen LogP contribution in [0.4, 0.5) is 11.6 Å². The first-order valence-electron chi connectivity index (χ1n) is 6.70. The molecular formula is C13H21N5O. The molecule has 19 heavy (non-hydrogen) atoms. The predicted octanol–water partition coefficient (Wildman–Crippen LogP) is 1.73. The summed E-state index contributed by atoms with van der Waals surface area (Å²) in [6, 6.07) is 0. The molecule has 2 aromatic heterocycles. The van der Waals surface area contributed by atoms with Gasteiger partial charge in [-0.3, -0.25) is 0 Å². The maximum Gasteiger partial charge on any atom is 0.180 e. The third-order valence-electron chi connectivity index (χ3n) is 2.82. The monoisotopic (exact) mass is 263 g/mol. The number of hydrogen-bond donors (Lipinski definition) is 3. The molecule has 0 bridgehead atoms. The topological polar surface area (TPSA) is 74.5 Å². The zero-order valence-electron chi connectivity index (χ0n) is 11.4. The standard InChI is InChI=1S/C13H21N5O/c1-3-14-11-9-18-8-7-16-13(18)12(17-11)15-6-4-5-10(2)19/h7-10,14,19H,3-6H2,1-2H3,(H,15,17). The largest absolute Gasteiger partial charge is 0.393 e. The summed E-state index contributed by atoms with van der Waals surface area (Å²) in [4.78, 5) is 8.81. The Bertz CT molecular complexity index is 523. The molecule has 0 spiro atoms. The summed E-state index contributed by atoms with van der Waals surface area (Å²) in [5, 5.41) is 15.7. The maximum absolute atomic E-state index is 9.23. The summed E-state index contributed by atoms with van der Waals surface area (Å²) in [7, 11) is 0. The third kappa shape index (κ3) is 3.57. The minimum atomic E-state index is -0.255. The number of nitrogens with one attached hydrogen (secondary N) is 2. The molecule has 2 aromatic rings. The van der Waals surface area contributed by atoms with Gasteiger partial charge in [0.15, 0.2) is 11.5 Å². The molecule has 2 rings (SSSR count). The van der Waals surface area contributed by atoms with Crippen LogP contribution in [0.5, 0.6) is 0 Å². The number of fused-ring (bicyclic) bond motifs is 1. The highest BCUT2D eigenvalue weighted by Crippen LogP contribution is 2.16. The molecule has 0 aliphatic carbocycles. The molecule has 0 saturated heterocycles. The van der Waals surface area contributed by atoms with Crippen molar-refractivity contribution in [1.29, 1.82) is 0 Å². The van der Waals surface area contributed by atoms with E-state index in [9.17, 15) is 5.11 Å². The normalized spacial score (nSPS) is 12.6. The second kappa shape index (κ2) is 6.38. The number of nitrogens with zero attached hydrogens (tertiary/aromatic N) is 3. The zero-order chi connectivity index (χ0) is 13.7. The van der Waals surface area contributed by atoms with E-state index < -0.39 is 0 Å². The summed E-state index contributed by atoms with van der Waals surface area (Å²) in [6.45, 7) is 5.44. The first-order valence-corrected chi connectivity index (χ1v) is 6.70. The Hall–Kier alpha value is -1.82. The Morgan fingerprint density at radius 3 is 3.00 bits per heavy atom. The highest BCUT2D eigenvalue weighted by Gasteiger charge is 2.06. The lowest BCUT2D eigenvalue weighted by Crippen LogP contribution is -2.10. The Morgan fingerprint density at radius 2 is 2.26 bits per heavy atom. The Balaban J connectivity index is 2.09. The lowest BCUT2D eigenvalue weighted by atomic mass is 10.2. The van der Waals surface area contributed by atoms with Crippen molar-refractivity contribution in [2.24, 2.45) is 0 Å². The van der Waals surface area contributed by atoms with Gasteiger partial charge in [0, 0.05) is 25.5 Å². The second-order valence-electron chi connectivity index (χ2n) is 4.58. The zero-order valence-corrected chi connectivity index (χ0v) is 11.4. The van der Waals surface area contributed by atoms with E-state index in [0.717, 1.165) is 43.2 Å². The third-order valence-corrected chi connectivity index (χ3v) is 2.82. The minimum absolute atomic E-state index is 0.255. The summed E-state index contributed by atoms with van der Waals surface area (Å²) < 4.78 is 1.95. The van der Waals surface area contributed by atoms with Crippen LogP contribution in [0.25, 0.3) is 5.65 Å². The van der Waals surface area contributed by atoms with Crippen molar-refractivity contribution < 1.29 is 5.11 Å². The van der Waals surface area contributed by atoms with Gasteiger partial charge in [-0.1, -0.05) is 0 Å². The predicted molar refractivity (Wildman–Crippen MR) is 76.6 cm³/mol. The van der Waals surface area contributed by atoms with Gasteiger partial charge in [-0.2, -0.15) is 0 Å². The Labute approximate surface area is 112 Å². The van der Waals surface area contributed by atoms with E-state index in [2.05, 4.69) is 20.6 Å². The van der Waals surface area contributed by atoms with E-state index in [1.54, 1.807) is 13.1 Å². The molecule has 0 fully saturated rings. The van der Waals surface area contributed by atoms with E-state index >= 15 is 0 Å². The van der Waals surface area contributed by atoms with Crippen molar-refractivity contribution in [3.63, 3.8) is 0 Å². The van der Waals surface area contributed by atoms with Gasteiger partial charge in [-0.15, -0.1) is 0 Å². The fraction of sp³-hybridized carbons (Fsp3) is 0.538. The maximum atomic E-state index is 9.23. The summed E-state index contributed by atoms with van der Waals surface area (Å²) in [6.07, 6.45) is 7.01. The molecule has 0 aromatic carbocycles. The van der Waals surface area contributed by atoms with Crippen molar-refractivity contribution in [1.82, 2.24) is 14.4 Å². The molecule has 6 nitrogen and oxygen atoms in total. The fourth-order valence-corrected chi connectivity index (χ4v) is 1.92. The van der Waals surface area contributed by atoms with Gasteiger partial charge in [0.1, 0.15) is 5.82 Å². The van der Waals surface area contributed by atoms with Crippen LogP contribution in [0.15, 0.2) is 18.6 Å². The van der Waals surface area contributed by atoms with Crippen LogP contribution < -0.4 is 10.6 Å². The van der Waals surface area contributed by atoms with Gasteiger partial charge in [0.05, 0.1) is 12.3 Å². The number of hydrogen-bond acceptors (Lipinski definition) is 5. The molecule has 1 atom stereocenters. The van der Waals surface area contributed by atoms with E-state index in [-0.39, 0.29) is 6.10 Å². The molecule has 0 aliphatic rings. The quantitative estimate of drug-likeness (QED) is 0.663. The van der Waals surface area contributed by atoms with Crippen molar-refractivity contribution in [3.05, 3.63) is 18.6 Å². The minimum Gasteiger partial charge on any atom is -0.393 e. The number of aliphatic hydroxyl groups excluding tert-OH is 1. The van der Waals surface area contributed by atoms with Crippen LogP contribution in [0.2, 0.25) is 0 Å². The Kier molecular flexibility index (Phi) is 4.57. The average molecular weight is 263 g/mol. The smallest absolute Gasteiger partial charge is 0.180 e. The van der Waals surface area contributed by atoms with Crippen LogP contribution in [-0.4, -0.2) is 38.7 Å². The van der Waals surface area contributed by atoms with Crippen LogP contribution in [0.1, 0.15) is 26.7 Å². The average Bonchev–Trinajstić information content (AvgIpc) is 2.83. The van der Waals surface area contributed by atoms with Crippen molar-refractivity contribution in [3.8, 4) is 0 Å². The number of anilines is 2. The summed E-state index contributed by atoms with van der Waals surface area (Å²) >= 11 is 0. The number of imidazole rings is 1. The summed E-state index contributed by atoms with van der Waals surface area (Å²) in [5.74, 6) is 1.60. The van der Waals surface area contributed by atoms with E-state index in [1.165, 1.54) is 0 Å². The number of aliphatic hydroxyl groups is 1. The van der Waals surface area contributed by atoms with Crippen LogP contribution in [-0.2, 0) is 0 Å². The van der Waals surface area contributed by atoms with Gasteiger partial charge < -0.3 is 20.1 Å². The number of rotatable bonds is 7. The molecule has 0 aliphatic heterocycles. The van der Waals surface area contributed by atoms with Gasteiger partial charge >= 0.3 is 0 Å². The first kappa shape index (κ1) is 13.6. The van der Waals surface area contributed by atoms with Crippen molar-refractivity contribution >= 4 is 17.3 Å². The molecule has 0 saturated carbocycles. The highest BCUT2D eigenvalue weighted by molar-refractivity contribution is 5.65. The molecule has 0 amide bonds. The Morgan fingerprint density at radius 1 is 1.42 bits per heavy atom. The molecule has 6 heteroatoms. The molecule has 1 unspecified atom stereocenters. The van der Waals surface area contributed by atoms with E-state index in [0.29, 0.717) is 0 Å². The summed E-state index contributed by atoms with van der Waals surface area (Å²) in [5.41, 5.74) is 0.818. The number of aromatic nitrogens is 3. The van der Waals surface area contributed by atoms with Gasteiger partial charge in [0.25, 0.3) is 0 Å². The lowest BCUT2D eigenvalue weighted by Gasteiger charge is -2.10. The van der Waals surface area contributed by atoms with Gasteiger partial charge in [-0.25, -0.2) is 9.97 Å². The van der Waals surface area contributed by atoms with Crippen LogP contribution in [0.3, 0.4) is 0 Å². The van der Waals surface area contributed by atoms with E-state index in [4.69, 9.17) is 0 Å².